The highest BCUT2D eigenvalue weighted by Crippen LogP contribution is 2.38. The van der Waals surface area contributed by atoms with Crippen LogP contribution in [0.1, 0.15) is 57.8 Å². The molecule has 0 amide bonds. The number of halogens is 2. The smallest absolute Gasteiger partial charge is 0.333 e. The van der Waals surface area contributed by atoms with E-state index >= 15 is 0 Å². The molecule has 0 radical (unpaired) electrons. The van der Waals surface area contributed by atoms with Crippen molar-refractivity contribution in [3.8, 4) is 0 Å². The van der Waals surface area contributed by atoms with Gasteiger partial charge in [-0.2, -0.15) is 0 Å². The third kappa shape index (κ3) is 5.81. The quantitative estimate of drug-likeness (QED) is 0.349. The number of esters is 2. The Labute approximate surface area is 171 Å². The summed E-state index contributed by atoms with van der Waals surface area (Å²) in [5.41, 5.74) is 2.34. The van der Waals surface area contributed by atoms with Gasteiger partial charge in [-0.3, -0.25) is 0 Å². The van der Waals surface area contributed by atoms with Gasteiger partial charge in [0, 0.05) is 25.7 Å². The maximum atomic E-state index is 12.1. The van der Waals surface area contributed by atoms with Gasteiger partial charge in [-0.25, -0.2) is 9.59 Å². The molecule has 2 atom stereocenters. The van der Waals surface area contributed by atoms with Crippen molar-refractivity contribution in [2.75, 3.05) is 0 Å². The van der Waals surface area contributed by atoms with Gasteiger partial charge in [0.1, 0.15) is 6.10 Å². The van der Waals surface area contributed by atoms with Crippen molar-refractivity contribution in [3.63, 3.8) is 0 Å². The van der Waals surface area contributed by atoms with Crippen LogP contribution in [0.2, 0.25) is 0 Å². The summed E-state index contributed by atoms with van der Waals surface area (Å²) in [6.07, 6.45) is -1.53. The third-order valence-corrected chi connectivity index (χ3v) is 5.01. The van der Waals surface area contributed by atoms with E-state index in [1.165, 1.54) is 0 Å². The van der Waals surface area contributed by atoms with Crippen LogP contribution >= 0.6 is 31.9 Å². The molecule has 6 heteroatoms. The molecule has 0 heterocycles. The third-order valence-electron chi connectivity index (χ3n) is 3.70. The van der Waals surface area contributed by atoms with Crippen molar-refractivity contribution in [1.29, 1.82) is 0 Å². The Morgan fingerprint density at radius 1 is 0.923 bits per heavy atom. The van der Waals surface area contributed by atoms with Crippen molar-refractivity contribution in [2.24, 2.45) is 0 Å². The minimum atomic E-state index is -0.813. The summed E-state index contributed by atoms with van der Waals surface area (Å²) in [5.74, 6) is -0.772. The lowest BCUT2D eigenvalue weighted by atomic mass is 9.98. The highest BCUT2D eigenvalue weighted by atomic mass is 79.9. The first kappa shape index (κ1) is 22.6. The number of carbonyl (C=O) groups is 2. The van der Waals surface area contributed by atoms with E-state index in [1.54, 1.807) is 20.8 Å². The van der Waals surface area contributed by atoms with Gasteiger partial charge in [0.05, 0.1) is 0 Å². The SMILES string of the molecule is C=C(C)C(=O)OC(C)C(OC(=O)C(=C)C)c1c(Br)cc(C(C)C)cc1Br. The molecule has 26 heavy (non-hydrogen) atoms. The molecule has 0 N–H and O–H groups in total. The summed E-state index contributed by atoms with van der Waals surface area (Å²) in [4.78, 5) is 24.1. The predicted octanol–water partition coefficient (Wildman–Crippen LogP) is 6.00. The Bertz CT molecular complexity index is 714. The molecule has 0 aliphatic rings. The van der Waals surface area contributed by atoms with Gasteiger partial charge in [0.2, 0.25) is 0 Å². The average molecular weight is 488 g/mol. The molecule has 0 spiro atoms. The van der Waals surface area contributed by atoms with Crippen molar-refractivity contribution in [1.82, 2.24) is 0 Å². The Morgan fingerprint density at radius 3 is 1.73 bits per heavy atom. The fourth-order valence-electron chi connectivity index (χ4n) is 2.15. The first-order chi connectivity index (χ1) is 12.0. The van der Waals surface area contributed by atoms with Crippen molar-refractivity contribution in [3.05, 3.63) is 56.5 Å². The highest BCUT2D eigenvalue weighted by Gasteiger charge is 2.31. The molecule has 0 fully saturated rings. The highest BCUT2D eigenvalue weighted by molar-refractivity contribution is 9.11. The van der Waals surface area contributed by atoms with Crippen LogP contribution in [0.4, 0.5) is 0 Å². The van der Waals surface area contributed by atoms with Crippen molar-refractivity contribution < 1.29 is 19.1 Å². The van der Waals surface area contributed by atoms with Crippen LogP contribution in [0.25, 0.3) is 0 Å². The van der Waals surface area contributed by atoms with E-state index in [0.717, 1.165) is 14.5 Å². The van der Waals surface area contributed by atoms with Crippen molar-refractivity contribution >= 4 is 43.8 Å². The van der Waals surface area contributed by atoms with E-state index in [4.69, 9.17) is 9.47 Å². The largest absolute Gasteiger partial charge is 0.455 e. The number of benzene rings is 1. The van der Waals surface area contributed by atoms with Gasteiger partial charge in [-0.1, -0.05) is 58.9 Å². The van der Waals surface area contributed by atoms with E-state index in [0.29, 0.717) is 11.5 Å². The topological polar surface area (TPSA) is 52.6 Å². The van der Waals surface area contributed by atoms with Gasteiger partial charge in [0.25, 0.3) is 0 Å². The van der Waals surface area contributed by atoms with Crippen molar-refractivity contribution in [2.45, 2.75) is 52.7 Å². The lowest BCUT2D eigenvalue weighted by Gasteiger charge is -2.27. The minimum Gasteiger partial charge on any atom is -0.455 e. The maximum absolute atomic E-state index is 12.1. The monoisotopic (exact) mass is 486 g/mol. The van der Waals surface area contributed by atoms with E-state index in [2.05, 4.69) is 58.9 Å². The number of hydrogen-bond acceptors (Lipinski definition) is 4. The summed E-state index contributed by atoms with van der Waals surface area (Å²) in [6, 6.07) is 3.94. The average Bonchev–Trinajstić information content (AvgIpc) is 2.52. The molecule has 4 nitrogen and oxygen atoms in total. The fourth-order valence-corrected chi connectivity index (χ4v) is 3.82. The number of hydrogen-bond donors (Lipinski definition) is 0. The Hall–Kier alpha value is -1.40. The second-order valence-corrected chi connectivity index (χ2v) is 8.26. The minimum absolute atomic E-state index is 0.263. The van der Waals surface area contributed by atoms with Crippen LogP contribution < -0.4 is 0 Å². The lowest BCUT2D eigenvalue weighted by Crippen LogP contribution is -2.28. The molecule has 0 aliphatic heterocycles. The Morgan fingerprint density at radius 2 is 1.35 bits per heavy atom. The van der Waals surface area contributed by atoms with Crippen LogP contribution in [-0.4, -0.2) is 18.0 Å². The van der Waals surface area contributed by atoms with E-state index in [9.17, 15) is 9.59 Å². The van der Waals surface area contributed by atoms with Gasteiger partial charge >= 0.3 is 11.9 Å². The zero-order chi connectivity index (χ0) is 20.2. The molecule has 142 valence electrons. The number of ether oxygens (including phenoxy) is 2. The van der Waals surface area contributed by atoms with Crippen LogP contribution in [0.3, 0.4) is 0 Å². The lowest BCUT2D eigenvalue weighted by molar-refractivity contribution is -0.162. The summed E-state index contributed by atoms with van der Waals surface area (Å²) < 4.78 is 12.5. The Balaban J connectivity index is 3.36. The molecule has 0 aliphatic carbocycles. The first-order valence-electron chi connectivity index (χ1n) is 8.17. The molecule has 1 aromatic rings. The molecule has 1 rings (SSSR count). The first-order valence-corrected chi connectivity index (χ1v) is 9.76. The zero-order valence-corrected chi connectivity index (χ0v) is 18.9. The summed E-state index contributed by atoms with van der Waals surface area (Å²) in [5, 5.41) is 0. The predicted molar refractivity (Wildman–Crippen MR) is 110 cm³/mol. The number of carbonyl (C=O) groups excluding carboxylic acids is 2. The molecular formula is C20H24Br2O4. The summed E-state index contributed by atoms with van der Waals surface area (Å²) in [7, 11) is 0. The van der Waals surface area contributed by atoms with E-state index in [-0.39, 0.29) is 11.1 Å². The number of rotatable bonds is 7. The molecule has 0 saturated carbocycles. The molecule has 1 aromatic carbocycles. The summed E-state index contributed by atoms with van der Waals surface area (Å²) >= 11 is 7.11. The molecular weight excluding hydrogens is 464 g/mol. The molecule has 2 unspecified atom stereocenters. The Kier molecular flexibility index (Phi) is 8.28. The van der Waals surface area contributed by atoms with Crippen LogP contribution in [-0.2, 0) is 19.1 Å². The van der Waals surface area contributed by atoms with E-state index in [1.807, 2.05) is 12.1 Å². The molecule has 0 saturated heterocycles. The molecule has 0 bridgehead atoms. The van der Waals surface area contributed by atoms with Gasteiger partial charge in [-0.05, 0) is 44.4 Å². The second-order valence-electron chi connectivity index (χ2n) is 6.55. The van der Waals surface area contributed by atoms with Gasteiger partial charge in [0.15, 0.2) is 6.10 Å². The van der Waals surface area contributed by atoms with Gasteiger partial charge < -0.3 is 9.47 Å². The normalized spacial score (nSPS) is 13.1. The van der Waals surface area contributed by atoms with E-state index < -0.39 is 24.1 Å². The van der Waals surface area contributed by atoms with Crippen LogP contribution in [0.15, 0.2) is 45.4 Å². The van der Waals surface area contributed by atoms with Gasteiger partial charge in [-0.15, -0.1) is 0 Å². The zero-order valence-electron chi connectivity index (χ0n) is 15.7. The maximum Gasteiger partial charge on any atom is 0.333 e. The fraction of sp³-hybridized carbons (Fsp3) is 0.400. The standard InChI is InChI=1S/C20H24Br2O4/c1-10(2)14-8-15(21)17(16(22)9-14)18(26-20(24)12(5)6)13(7)25-19(23)11(3)4/h8-10,13,18H,3,5H2,1-2,4,6-7H3. The van der Waals surface area contributed by atoms with Crippen LogP contribution in [0, 0.1) is 0 Å². The van der Waals surface area contributed by atoms with Crippen LogP contribution in [0.5, 0.6) is 0 Å². The second kappa shape index (κ2) is 9.51. The molecule has 0 aromatic heterocycles. The summed E-state index contributed by atoms with van der Waals surface area (Å²) in [6.45, 7) is 16.2.